The first kappa shape index (κ1) is 14.1. The quantitative estimate of drug-likeness (QED) is 0.650. The number of amides is 1. The molecule has 0 aromatic heterocycles. The van der Waals surface area contributed by atoms with E-state index in [1.165, 1.54) is 10.9 Å². The summed E-state index contributed by atoms with van der Waals surface area (Å²) >= 11 is 2.06. The van der Waals surface area contributed by atoms with E-state index < -0.39 is 0 Å². The Balaban J connectivity index is 2.09. The molecule has 2 aromatic carbocycles. The fraction of sp³-hybridized carbons (Fsp3) is 0.267. The van der Waals surface area contributed by atoms with E-state index in [2.05, 4.69) is 52.2 Å². The van der Waals surface area contributed by atoms with Crippen LogP contribution in [0.1, 0.15) is 5.56 Å². The third kappa shape index (κ3) is 3.83. The molecule has 1 amide bonds. The van der Waals surface area contributed by atoms with Crippen LogP contribution in [0.5, 0.6) is 5.75 Å². The van der Waals surface area contributed by atoms with E-state index in [-0.39, 0.29) is 5.91 Å². The van der Waals surface area contributed by atoms with E-state index in [1.807, 2.05) is 12.1 Å². The van der Waals surface area contributed by atoms with E-state index in [0.29, 0.717) is 11.0 Å². The van der Waals surface area contributed by atoms with Gasteiger partial charge in [-0.3, -0.25) is 4.79 Å². The molecule has 0 bridgehead atoms. The number of rotatable bonds is 5. The van der Waals surface area contributed by atoms with Gasteiger partial charge in [0.25, 0.3) is 0 Å². The van der Waals surface area contributed by atoms with Crippen LogP contribution in [0.3, 0.4) is 0 Å². The standard InChI is InChI=1S/C15H16INO2/c1-19-14-5-4-12-3-2-11(8-13(12)9-14)6-7-17-15(18)10-16/h2-5,8-9H,6-7,10H2,1H3,(H,17,18). The number of benzene rings is 2. The molecule has 2 aromatic rings. The highest BCUT2D eigenvalue weighted by atomic mass is 127. The molecule has 3 nitrogen and oxygen atoms in total. The normalized spacial score (nSPS) is 10.4. The van der Waals surface area contributed by atoms with Crippen molar-refractivity contribution in [1.82, 2.24) is 5.32 Å². The highest BCUT2D eigenvalue weighted by Gasteiger charge is 2.01. The lowest BCUT2D eigenvalue weighted by Gasteiger charge is -2.06. The van der Waals surface area contributed by atoms with Crippen LogP contribution in [-0.2, 0) is 11.2 Å². The minimum atomic E-state index is 0.0862. The van der Waals surface area contributed by atoms with Gasteiger partial charge in [-0.1, -0.05) is 46.9 Å². The Kier molecular flexibility index (Phi) is 5.01. The lowest BCUT2D eigenvalue weighted by atomic mass is 10.0. The van der Waals surface area contributed by atoms with Crippen molar-refractivity contribution in [2.45, 2.75) is 6.42 Å². The van der Waals surface area contributed by atoms with Gasteiger partial charge in [0.05, 0.1) is 11.5 Å². The average Bonchev–Trinajstić information content (AvgIpc) is 2.46. The molecule has 100 valence electrons. The molecule has 0 saturated heterocycles. The van der Waals surface area contributed by atoms with Crippen LogP contribution >= 0.6 is 22.6 Å². The number of hydrogen-bond acceptors (Lipinski definition) is 2. The van der Waals surface area contributed by atoms with Gasteiger partial charge in [-0.05, 0) is 34.9 Å². The number of carbonyl (C=O) groups is 1. The first-order valence-electron chi connectivity index (χ1n) is 6.12. The lowest BCUT2D eigenvalue weighted by Crippen LogP contribution is -2.26. The Morgan fingerprint density at radius 3 is 2.74 bits per heavy atom. The Morgan fingerprint density at radius 2 is 2.00 bits per heavy atom. The van der Waals surface area contributed by atoms with Gasteiger partial charge in [0.1, 0.15) is 5.75 Å². The molecule has 0 unspecified atom stereocenters. The van der Waals surface area contributed by atoms with Crippen LogP contribution < -0.4 is 10.1 Å². The van der Waals surface area contributed by atoms with Gasteiger partial charge in [-0.25, -0.2) is 0 Å². The highest BCUT2D eigenvalue weighted by Crippen LogP contribution is 2.21. The number of carbonyl (C=O) groups excluding carboxylic acids is 1. The van der Waals surface area contributed by atoms with Crippen LogP contribution in [0.25, 0.3) is 10.8 Å². The predicted molar refractivity (Wildman–Crippen MR) is 86.1 cm³/mol. The van der Waals surface area contributed by atoms with Crippen molar-refractivity contribution in [3.63, 3.8) is 0 Å². The van der Waals surface area contributed by atoms with Gasteiger partial charge in [0, 0.05) is 6.54 Å². The maximum atomic E-state index is 11.2. The Bertz CT molecular complexity index is 583. The summed E-state index contributed by atoms with van der Waals surface area (Å²) in [6.07, 6.45) is 0.843. The van der Waals surface area contributed by atoms with Crippen LogP contribution in [0.2, 0.25) is 0 Å². The summed E-state index contributed by atoms with van der Waals surface area (Å²) in [7, 11) is 1.67. The molecule has 0 heterocycles. The Morgan fingerprint density at radius 1 is 1.21 bits per heavy atom. The highest BCUT2D eigenvalue weighted by molar-refractivity contribution is 14.1. The molecular weight excluding hydrogens is 353 g/mol. The molecule has 0 radical (unpaired) electrons. The Labute approximate surface area is 126 Å². The van der Waals surface area contributed by atoms with Crippen molar-refractivity contribution in [2.75, 3.05) is 18.1 Å². The van der Waals surface area contributed by atoms with E-state index >= 15 is 0 Å². The molecule has 0 saturated carbocycles. The van der Waals surface area contributed by atoms with E-state index in [0.717, 1.165) is 17.6 Å². The molecule has 0 aliphatic heterocycles. The summed E-state index contributed by atoms with van der Waals surface area (Å²) in [5.74, 6) is 0.950. The van der Waals surface area contributed by atoms with Crippen molar-refractivity contribution in [3.05, 3.63) is 42.0 Å². The minimum Gasteiger partial charge on any atom is -0.497 e. The molecule has 4 heteroatoms. The average molecular weight is 369 g/mol. The van der Waals surface area contributed by atoms with E-state index in [4.69, 9.17) is 4.74 Å². The number of halogens is 1. The number of methoxy groups -OCH3 is 1. The first-order valence-corrected chi connectivity index (χ1v) is 7.65. The van der Waals surface area contributed by atoms with Gasteiger partial charge in [0.2, 0.25) is 5.91 Å². The Hall–Kier alpha value is -1.30. The molecular formula is C15H16INO2. The number of hydrogen-bond donors (Lipinski definition) is 1. The molecule has 0 aliphatic carbocycles. The fourth-order valence-corrected chi connectivity index (χ4v) is 2.22. The van der Waals surface area contributed by atoms with Gasteiger partial charge in [-0.15, -0.1) is 0 Å². The summed E-state index contributed by atoms with van der Waals surface area (Å²) < 4.78 is 5.74. The van der Waals surface area contributed by atoms with Crippen LogP contribution in [0.15, 0.2) is 36.4 Å². The smallest absolute Gasteiger partial charge is 0.229 e. The maximum Gasteiger partial charge on any atom is 0.229 e. The largest absolute Gasteiger partial charge is 0.497 e. The summed E-state index contributed by atoms with van der Waals surface area (Å²) in [5.41, 5.74) is 1.22. The van der Waals surface area contributed by atoms with Crippen LogP contribution in [0, 0.1) is 0 Å². The third-order valence-corrected chi connectivity index (χ3v) is 3.66. The first-order chi connectivity index (χ1) is 9.22. The fourth-order valence-electron chi connectivity index (χ4n) is 1.95. The molecule has 2 rings (SSSR count). The summed E-state index contributed by atoms with van der Waals surface area (Å²) in [6, 6.07) is 12.4. The molecule has 19 heavy (non-hydrogen) atoms. The lowest BCUT2D eigenvalue weighted by molar-refractivity contribution is -0.118. The van der Waals surface area contributed by atoms with Gasteiger partial charge in [0.15, 0.2) is 0 Å². The van der Waals surface area contributed by atoms with Crippen molar-refractivity contribution in [3.8, 4) is 5.75 Å². The van der Waals surface area contributed by atoms with Crippen molar-refractivity contribution in [1.29, 1.82) is 0 Å². The third-order valence-electron chi connectivity index (χ3n) is 2.97. The van der Waals surface area contributed by atoms with Crippen molar-refractivity contribution in [2.24, 2.45) is 0 Å². The minimum absolute atomic E-state index is 0.0862. The van der Waals surface area contributed by atoms with Crippen LogP contribution in [-0.4, -0.2) is 24.0 Å². The SMILES string of the molecule is COc1ccc2ccc(CCNC(=O)CI)cc2c1. The van der Waals surface area contributed by atoms with Gasteiger partial charge in [-0.2, -0.15) is 0 Å². The zero-order valence-corrected chi connectivity index (χ0v) is 12.9. The van der Waals surface area contributed by atoms with Gasteiger partial charge >= 0.3 is 0 Å². The van der Waals surface area contributed by atoms with Crippen molar-refractivity contribution < 1.29 is 9.53 Å². The zero-order valence-electron chi connectivity index (χ0n) is 10.8. The second kappa shape index (κ2) is 6.75. The second-order valence-electron chi connectivity index (χ2n) is 4.28. The number of nitrogens with one attached hydrogen (secondary N) is 1. The summed E-state index contributed by atoms with van der Waals surface area (Å²) in [5, 5.41) is 5.24. The predicted octanol–water partition coefficient (Wildman–Crippen LogP) is 2.94. The molecule has 0 spiro atoms. The monoisotopic (exact) mass is 369 g/mol. The zero-order chi connectivity index (χ0) is 13.7. The molecule has 0 fully saturated rings. The topological polar surface area (TPSA) is 38.3 Å². The van der Waals surface area contributed by atoms with Gasteiger partial charge < -0.3 is 10.1 Å². The van der Waals surface area contributed by atoms with E-state index in [1.54, 1.807) is 7.11 Å². The van der Waals surface area contributed by atoms with Crippen LogP contribution in [0.4, 0.5) is 0 Å². The second-order valence-corrected chi connectivity index (χ2v) is 5.04. The number of fused-ring (bicyclic) bond motifs is 1. The maximum absolute atomic E-state index is 11.2. The molecule has 0 aliphatic rings. The van der Waals surface area contributed by atoms with Crippen molar-refractivity contribution >= 4 is 39.3 Å². The number of alkyl halides is 1. The molecule has 0 atom stereocenters. The number of ether oxygens (including phenoxy) is 1. The molecule has 1 N–H and O–H groups in total. The summed E-state index contributed by atoms with van der Waals surface area (Å²) in [6.45, 7) is 0.678. The summed E-state index contributed by atoms with van der Waals surface area (Å²) in [4.78, 5) is 11.2. The van der Waals surface area contributed by atoms with E-state index in [9.17, 15) is 4.79 Å².